The first kappa shape index (κ1) is 13.3. The molecule has 0 aromatic heterocycles. The monoisotopic (exact) mass is 260 g/mol. The maximum atomic E-state index is 11.6. The van der Waals surface area contributed by atoms with Crippen molar-refractivity contribution in [2.24, 2.45) is 0 Å². The summed E-state index contributed by atoms with van der Waals surface area (Å²) in [6.45, 7) is 2.23. The Kier molecular flexibility index (Phi) is 4.34. The summed E-state index contributed by atoms with van der Waals surface area (Å²) in [6, 6.07) is 9.26. The van der Waals surface area contributed by atoms with Gasteiger partial charge >= 0.3 is 5.97 Å². The summed E-state index contributed by atoms with van der Waals surface area (Å²) in [5, 5.41) is 0. The van der Waals surface area contributed by atoms with Crippen molar-refractivity contribution in [2.45, 2.75) is 25.9 Å². The highest BCUT2D eigenvalue weighted by molar-refractivity contribution is 5.91. The van der Waals surface area contributed by atoms with Gasteiger partial charge in [0.2, 0.25) is 0 Å². The number of aldehydes is 1. The van der Waals surface area contributed by atoms with Gasteiger partial charge in [0.1, 0.15) is 18.1 Å². The van der Waals surface area contributed by atoms with Gasteiger partial charge in [-0.1, -0.05) is 18.2 Å². The number of hydrogen-bond donors (Lipinski definition) is 0. The molecule has 0 aliphatic carbocycles. The van der Waals surface area contributed by atoms with Crippen LogP contribution in [-0.4, -0.2) is 25.0 Å². The molecule has 1 aliphatic heterocycles. The molecular formula is C15H16O4. The summed E-state index contributed by atoms with van der Waals surface area (Å²) in [5.41, 5.74) is 1.40. The molecule has 1 fully saturated rings. The van der Waals surface area contributed by atoms with Crippen LogP contribution in [0.15, 0.2) is 41.5 Å². The highest BCUT2D eigenvalue weighted by Crippen LogP contribution is 2.24. The van der Waals surface area contributed by atoms with Gasteiger partial charge in [-0.15, -0.1) is 0 Å². The van der Waals surface area contributed by atoms with Gasteiger partial charge in [0.05, 0.1) is 6.61 Å². The zero-order valence-corrected chi connectivity index (χ0v) is 10.8. The molecule has 2 rings (SSSR count). The fraction of sp³-hybridized carbons (Fsp3) is 0.333. The summed E-state index contributed by atoms with van der Waals surface area (Å²) in [6.07, 6.45) is 1.19. The van der Waals surface area contributed by atoms with Crippen molar-refractivity contribution in [3.63, 3.8) is 0 Å². The highest BCUT2D eigenvalue weighted by atomic mass is 16.5. The molecule has 1 heterocycles. The zero-order chi connectivity index (χ0) is 13.7. The molecule has 1 aromatic rings. The Balaban J connectivity index is 2.20. The lowest BCUT2D eigenvalue weighted by Gasteiger charge is -2.19. The van der Waals surface area contributed by atoms with Gasteiger partial charge in [-0.05, 0) is 24.6 Å². The third-order valence-electron chi connectivity index (χ3n) is 3.12. The maximum absolute atomic E-state index is 11.6. The molecule has 100 valence electrons. The van der Waals surface area contributed by atoms with Crippen LogP contribution in [0.1, 0.15) is 19.8 Å². The van der Waals surface area contributed by atoms with E-state index >= 15 is 0 Å². The molecular weight excluding hydrogens is 244 g/mol. The number of rotatable bonds is 5. The number of ether oxygens (including phenoxy) is 2. The summed E-state index contributed by atoms with van der Waals surface area (Å²) in [4.78, 5) is 22.3. The van der Waals surface area contributed by atoms with Gasteiger partial charge in [0.15, 0.2) is 0 Å². The lowest BCUT2D eigenvalue weighted by Crippen LogP contribution is -2.21. The van der Waals surface area contributed by atoms with Crippen molar-refractivity contribution in [3.05, 3.63) is 41.5 Å². The number of carbonyl (C=O) groups is 2. The Morgan fingerprint density at radius 2 is 2.16 bits per heavy atom. The number of cyclic esters (lactones) is 1. The molecule has 0 radical (unpaired) electrons. The number of benzene rings is 1. The van der Waals surface area contributed by atoms with Crippen LogP contribution in [0, 0.1) is 0 Å². The van der Waals surface area contributed by atoms with E-state index in [1.807, 2.05) is 37.3 Å². The minimum atomic E-state index is -0.416. The van der Waals surface area contributed by atoms with Gasteiger partial charge in [-0.3, -0.25) is 0 Å². The minimum Gasteiger partial charge on any atom is -0.486 e. The largest absolute Gasteiger partial charge is 0.486 e. The van der Waals surface area contributed by atoms with Gasteiger partial charge in [-0.2, -0.15) is 0 Å². The molecule has 4 heteroatoms. The van der Waals surface area contributed by atoms with E-state index in [1.54, 1.807) is 0 Å². The van der Waals surface area contributed by atoms with Crippen LogP contribution >= 0.6 is 0 Å². The molecule has 0 N–H and O–H groups in total. The lowest BCUT2D eigenvalue weighted by atomic mass is 10.0. The number of esters is 1. The van der Waals surface area contributed by atoms with Gasteiger partial charge in [0.25, 0.3) is 0 Å². The van der Waals surface area contributed by atoms with E-state index in [-0.39, 0.29) is 12.4 Å². The first-order chi connectivity index (χ1) is 9.22. The van der Waals surface area contributed by atoms with E-state index in [2.05, 4.69) is 0 Å². The summed E-state index contributed by atoms with van der Waals surface area (Å²) in [5.74, 6) is 0.380. The predicted octanol–water partition coefficient (Wildman–Crippen LogP) is 2.29. The van der Waals surface area contributed by atoms with Crippen LogP contribution in [0.4, 0.5) is 0 Å². The highest BCUT2D eigenvalue weighted by Gasteiger charge is 2.25. The fourth-order valence-corrected chi connectivity index (χ4v) is 2.05. The van der Waals surface area contributed by atoms with Crippen molar-refractivity contribution in [1.29, 1.82) is 0 Å². The van der Waals surface area contributed by atoms with Crippen molar-refractivity contribution in [3.8, 4) is 5.75 Å². The van der Waals surface area contributed by atoms with Crippen LogP contribution in [0.2, 0.25) is 0 Å². The van der Waals surface area contributed by atoms with Crippen LogP contribution in [0.3, 0.4) is 0 Å². The summed E-state index contributed by atoms with van der Waals surface area (Å²) >= 11 is 0. The Labute approximate surface area is 112 Å². The molecule has 1 aromatic carbocycles. The number of carbonyl (C=O) groups excluding carboxylic acids is 2. The second kappa shape index (κ2) is 6.18. The van der Waals surface area contributed by atoms with Crippen molar-refractivity contribution in [2.75, 3.05) is 6.61 Å². The number of para-hydroxylation sites is 1. The van der Waals surface area contributed by atoms with E-state index < -0.39 is 6.10 Å². The van der Waals surface area contributed by atoms with Gasteiger partial charge < -0.3 is 14.3 Å². The molecule has 19 heavy (non-hydrogen) atoms. The third-order valence-corrected chi connectivity index (χ3v) is 3.12. The average Bonchev–Trinajstić information content (AvgIpc) is 2.85. The molecule has 1 saturated heterocycles. The molecule has 0 saturated carbocycles. The Morgan fingerprint density at radius 1 is 1.42 bits per heavy atom. The fourth-order valence-electron chi connectivity index (χ4n) is 2.05. The van der Waals surface area contributed by atoms with Gasteiger partial charge in [0, 0.05) is 18.4 Å². The lowest BCUT2D eigenvalue weighted by molar-refractivity contribution is -0.135. The summed E-state index contributed by atoms with van der Waals surface area (Å²) < 4.78 is 10.7. The zero-order valence-electron chi connectivity index (χ0n) is 10.8. The molecule has 0 unspecified atom stereocenters. The average molecular weight is 260 g/mol. The molecule has 4 nitrogen and oxygen atoms in total. The number of hydrogen-bond acceptors (Lipinski definition) is 4. The Bertz CT molecular complexity index is 490. The van der Waals surface area contributed by atoms with Crippen LogP contribution in [-0.2, 0) is 14.3 Å². The van der Waals surface area contributed by atoms with Crippen LogP contribution < -0.4 is 4.74 Å². The molecule has 0 spiro atoms. The maximum Gasteiger partial charge on any atom is 0.334 e. The van der Waals surface area contributed by atoms with E-state index in [0.717, 1.165) is 11.9 Å². The molecule has 1 atom stereocenters. The minimum absolute atomic E-state index is 0.220. The second-order valence-corrected chi connectivity index (χ2v) is 4.37. The molecule has 0 bridgehead atoms. The standard InChI is InChI=1S/C15H16O4/c1-11(13-8-10-18-15(13)17)14(7-9-16)19-12-5-3-2-4-6-12/h2-6,9,14H,7-8,10H2,1H3/b13-11-/t14-/m0/s1. The normalized spacial score (nSPS) is 18.7. The smallest absolute Gasteiger partial charge is 0.334 e. The second-order valence-electron chi connectivity index (χ2n) is 4.37. The first-order valence-corrected chi connectivity index (χ1v) is 6.24. The quantitative estimate of drug-likeness (QED) is 0.463. The SMILES string of the molecule is C/C(=C1\CCOC1=O)[C@H](CC=O)Oc1ccccc1. The Hall–Kier alpha value is -2.10. The summed E-state index contributed by atoms with van der Waals surface area (Å²) in [7, 11) is 0. The van der Waals surface area contributed by atoms with Gasteiger partial charge in [-0.25, -0.2) is 4.79 Å². The van der Waals surface area contributed by atoms with Crippen LogP contribution in [0.25, 0.3) is 0 Å². The van der Waals surface area contributed by atoms with Crippen molar-refractivity contribution >= 4 is 12.3 Å². The van der Waals surface area contributed by atoms with E-state index in [1.165, 1.54) is 0 Å². The molecule has 1 aliphatic rings. The van der Waals surface area contributed by atoms with E-state index in [0.29, 0.717) is 24.4 Å². The first-order valence-electron chi connectivity index (χ1n) is 6.24. The molecule has 0 amide bonds. The van der Waals surface area contributed by atoms with E-state index in [4.69, 9.17) is 9.47 Å². The van der Waals surface area contributed by atoms with Crippen LogP contribution in [0.5, 0.6) is 5.75 Å². The Morgan fingerprint density at radius 3 is 2.74 bits per heavy atom. The third kappa shape index (κ3) is 3.22. The predicted molar refractivity (Wildman–Crippen MR) is 69.8 cm³/mol. The van der Waals surface area contributed by atoms with Crippen molar-refractivity contribution < 1.29 is 19.1 Å². The topological polar surface area (TPSA) is 52.6 Å². The van der Waals surface area contributed by atoms with E-state index in [9.17, 15) is 9.59 Å². The van der Waals surface area contributed by atoms with Crippen molar-refractivity contribution in [1.82, 2.24) is 0 Å².